The monoisotopic (exact) mass is 294 g/mol. The van der Waals surface area contributed by atoms with Crippen LogP contribution in [-0.2, 0) is 12.8 Å². The third kappa shape index (κ3) is 3.10. The molecule has 1 saturated carbocycles. The standard InChI is InChI=1S/C17H30N2S/c1-4-14-9-10-15(20-14)13-16(18)17(11-7-8-12-17)19(5-2)6-3/h9-10,16H,4-8,11-13,18H2,1-3H3. The zero-order chi connectivity index (χ0) is 14.6. The third-order valence-corrected chi connectivity index (χ3v) is 6.29. The lowest BCUT2D eigenvalue weighted by Gasteiger charge is -2.44. The normalized spacial score (nSPS) is 19.6. The van der Waals surface area contributed by atoms with Crippen LogP contribution < -0.4 is 5.73 Å². The van der Waals surface area contributed by atoms with Crippen LogP contribution in [0.15, 0.2) is 12.1 Å². The van der Waals surface area contributed by atoms with Gasteiger partial charge in [0.25, 0.3) is 0 Å². The Morgan fingerprint density at radius 1 is 1.15 bits per heavy atom. The summed E-state index contributed by atoms with van der Waals surface area (Å²) in [4.78, 5) is 5.57. The summed E-state index contributed by atoms with van der Waals surface area (Å²) in [7, 11) is 0. The van der Waals surface area contributed by atoms with Crippen molar-refractivity contribution in [2.45, 2.75) is 70.9 Å². The summed E-state index contributed by atoms with van der Waals surface area (Å²) in [6.07, 6.45) is 7.43. The van der Waals surface area contributed by atoms with Gasteiger partial charge < -0.3 is 5.73 Å². The van der Waals surface area contributed by atoms with E-state index >= 15 is 0 Å². The SMILES string of the molecule is CCc1ccc(CC(N)C2(N(CC)CC)CCCC2)s1. The molecule has 1 heterocycles. The maximum atomic E-state index is 6.71. The molecule has 3 heteroatoms. The van der Waals surface area contributed by atoms with Crippen LogP contribution in [0.25, 0.3) is 0 Å². The number of thiophene rings is 1. The maximum absolute atomic E-state index is 6.71. The lowest BCUT2D eigenvalue weighted by atomic mass is 9.84. The van der Waals surface area contributed by atoms with Gasteiger partial charge in [-0.3, -0.25) is 4.90 Å². The van der Waals surface area contributed by atoms with Crippen LogP contribution in [-0.4, -0.2) is 29.6 Å². The number of likely N-dealkylation sites (N-methyl/N-ethyl adjacent to an activating group) is 1. The number of hydrogen-bond acceptors (Lipinski definition) is 3. The second-order valence-corrected chi connectivity index (χ2v) is 7.27. The number of rotatable bonds is 7. The van der Waals surface area contributed by atoms with E-state index < -0.39 is 0 Å². The molecule has 1 aromatic rings. The second-order valence-electron chi connectivity index (χ2n) is 6.02. The molecule has 0 bridgehead atoms. The molecule has 0 amide bonds. The zero-order valence-electron chi connectivity index (χ0n) is 13.3. The Kier molecular flexibility index (Phi) is 5.65. The van der Waals surface area contributed by atoms with Crippen molar-refractivity contribution in [1.29, 1.82) is 0 Å². The molecule has 1 atom stereocenters. The van der Waals surface area contributed by atoms with E-state index in [4.69, 9.17) is 5.73 Å². The minimum absolute atomic E-state index is 0.250. The summed E-state index contributed by atoms with van der Waals surface area (Å²) < 4.78 is 0. The minimum Gasteiger partial charge on any atom is -0.326 e. The van der Waals surface area contributed by atoms with Gasteiger partial charge in [0, 0.05) is 21.3 Å². The molecule has 0 spiro atoms. The summed E-state index contributed by atoms with van der Waals surface area (Å²) in [5.41, 5.74) is 6.96. The average molecular weight is 295 g/mol. The predicted octanol–water partition coefficient (Wildman–Crippen LogP) is 3.83. The van der Waals surface area contributed by atoms with E-state index in [2.05, 4.69) is 37.8 Å². The molecule has 0 saturated heterocycles. The van der Waals surface area contributed by atoms with Crippen molar-refractivity contribution in [2.24, 2.45) is 5.73 Å². The van der Waals surface area contributed by atoms with Crippen molar-refractivity contribution in [3.8, 4) is 0 Å². The summed E-state index contributed by atoms with van der Waals surface area (Å²) >= 11 is 1.95. The highest BCUT2D eigenvalue weighted by Crippen LogP contribution is 2.38. The Hall–Kier alpha value is -0.380. The van der Waals surface area contributed by atoms with E-state index in [9.17, 15) is 0 Å². The van der Waals surface area contributed by atoms with Crippen LogP contribution in [0.2, 0.25) is 0 Å². The van der Waals surface area contributed by atoms with Crippen molar-refractivity contribution in [3.63, 3.8) is 0 Å². The zero-order valence-corrected chi connectivity index (χ0v) is 14.1. The molecule has 1 aliphatic rings. The molecule has 1 aromatic heterocycles. The van der Waals surface area contributed by atoms with Gasteiger partial charge in [0.15, 0.2) is 0 Å². The largest absolute Gasteiger partial charge is 0.326 e. The second kappa shape index (κ2) is 7.06. The number of hydrogen-bond donors (Lipinski definition) is 1. The molecule has 20 heavy (non-hydrogen) atoms. The number of aryl methyl sites for hydroxylation is 1. The Morgan fingerprint density at radius 2 is 1.75 bits per heavy atom. The van der Waals surface area contributed by atoms with Crippen molar-refractivity contribution >= 4 is 11.3 Å². The predicted molar refractivity (Wildman–Crippen MR) is 89.5 cm³/mol. The fourth-order valence-corrected chi connectivity index (χ4v) is 4.91. The molecule has 2 N–H and O–H groups in total. The molecule has 1 fully saturated rings. The third-order valence-electron chi connectivity index (χ3n) is 5.04. The summed E-state index contributed by atoms with van der Waals surface area (Å²) in [6.45, 7) is 9.01. The highest BCUT2D eigenvalue weighted by atomic mass is 32.1. The maximum Gasteiger partial charge on any atom is 0.0363 e. The molecule has 1 unspecified atom stereocenters. The van der Waals surface area contributed by atoms with Crippen LogP contribution in [0, 0.1) is 0 Å². The molecule has 114 valence electrons. The Bertz CT molecular complexity index is 403. The topological polar surface area (TPSA) is 29.3 Å². The molecule has 0 aromatic carbocycles. The van der Waals surface area contributed by atoms with Gasteiger partial charge in [-0.2, -0.15) is 0 Å². The molecule has 0 aliphatic heterocycles. The van der Waals surface area contributed by atoms with E-state index in [1.54, 1.807) is 0 Å². The molecular weight excluding hydrogens is 264 g/mol. The minimum atomic E-state index is 0.250. The van der Waals surface area contributed by atoms with Crippen molar-refractivity contribution < 1.29 is 0 Å². The van der Waals surface area contributed by atoms with E-state index in [1.807, 2.05) is 11.3 Å². The van der Waals surface area contributed by atoms with Gasteiger partial charge in [0.1, 0.15) is 0 Å². The molecular formula is C17H30N2S. The summed E-state index contributed by atoms with van der Waals surface area (Å²) in [6, 6.07) is 4.83. The first-order valence-electron chi connectivity index (χ1n) is 8.24. The average Bonchev–Trinajstić information content (AvgIpc) is 3.10. The molecule has 0 radical (unpaired) electrons. The van der Waals surface area contributed by atoms with Crippen molar-refractivity contribution in [3.05, 3.63) is 21.9 Å². The number of nitrogens with zero attached hydrogens (tertiary/aromatic N) is 1. The first-order valence-corrected chi connectivity index (χ1v) is 9.06. The van der Waals surface area contributed by atoms with Gasteiger partial charge in [0.2, 0.25) is 0 Å². The lowest BCUT2D eigenvalue weighted by molar-refractivity contribution is 0.0774. The van der Waals surface area contributed by atoms with Crippen LogP contribution in [0.5, 0.6) is 0 Å². The lowest BCUT2D eigenvalue weighted by Crippen LogP contribution is -2.59. The fraction of sp³-hybridized carbons (Fsp3) is 0.765. The molecule has 2 rings (SSSR count). The first kappa shape index (κ1) is 16.0. The smallest absolute Gasteiger partial charge is 0.0363 e. The van der Waals surface area contributed by atoms with Crippen molar-refractivity contribution in [2.75, 3.05) is 13.1 Å². The van der Waals surface area contributed by atoms with Crippen LogP contribution in [0.1, 0.15) is 56.2 Å². The van der Waals surface area contributed by atoms with E-state index in [0.29, 0.717) is 0 Å². The fourth-order valence-electron chi connectivity index (χ4n) is 3.89. The van der Waals surface area contributed by atoms with Crippen molar-refractivity contribution in [1.82, 2.24) is 4.90 Å². The van der Waals surface area contributed by atoms with Crippen LogP contribution >= 0.6 is 11.3 Å². The van der Waals surface area contributed by atoms with Gasteiger partial charge in [-0.25, -0.2) is 0 Å². The summed E-state index contributed by atoms with van der Waals surface area (Å²) in [5, 5.41) is 0. The van der Waals surface area contributed by atoms with Gasteiger partial charge in [0.05, 0.1) is 0 Å². The quantitative estimate of drug-likeness (QED) is 0.828. The van der Waals surface area contributed by atoms with Gasteiger partial charge in [-0.15, -0.1) is 11.3 Å². The summed E-state index contributed by atoms with van der Waals surface area (Å²) in [5.74, 6) is 0. The number of nitrogens with two attached hydrogens (primary N) is 1. The molecule has 1 aliphatic carbocycles. The van der Waals surface area contributed by atoms with Crippen LogP contribution in [0.4, 0.5) is 0 Å². The van der Waals surface area contributed by atoms with E-state index in [-0.39, 0.29) is 11.6 Å². The van der Waals surface area contributed by atoms with Gasteiger partial charge in [-0.1, -0.05) is 33.6 Å². The van der Waals surface area contributed by atoms with E-state index in [1.165, 1.54) is 35.4 Å². The highest BCUT2D eigenvalue weighted by molar-refractivity contribution is 7.11. The Balaban J connectivity index is 2.12. The highest BCUT2D eigenvalue weighted by Gasteiger charge is 2.43. The van der Waals surface area contributed by atoms with E-state index in [0.717, 1.165) is 25.9 Å². The Morgan fingerprint density at radius 3 is 2.25 bits per heavy atom. The van der Waals surface area contributed by atoms with Gasteiger partial charge >= 0.3 is 0 Å². The Labute approximate surface area is 128 Å². The molecule has 2 nitrogen and oxygen atoms in total. The van der Waals surface area contributed by atoms with Gasteiger partial charge in [-0.05, 0) is 50.9 Å². The first-order chi connectivity index (χ1) is 9.66. The van der Waals surface area contributed by atoms with Crippen LogP contribution in [0.3, 0.4) is 0 Å².